The molecule has 0 aromatic heterocycles. The molecule has 2 aromatic carbocycles. The molecule has 1 atom stereocenters. The van der Waals surface area contributed by atoms with E-state index < -0.39 is 6.04 Å². The number of thioether (sulfide) groups is 1. The quantitative estimate of drug-likeness (QED) is 0.489. The standard InChI is InChI=1S/C25H34N2O2S/c1-4-6-16-26-25(29)23(5-2)27(17-21-14-12-20(3)13-15-21)24(28)19-30-18-22-10-8-7-9-11-22/h7-15,23H,4-6,16-19H2,1-3H3,(H,26,29)/t23-/m0/s1. The normalized spacial score (nSPS) is 11.7. The highest BCUT2D eigenvalue weighted by Gasteiger charge is 2.28. The lowest BCUT2D eigenvalue weighted by molar-refractivity contribution is -0.139. The zero-order valence-corrected chi connectivity index (χ0v) is 19.2. The largest absolute Gasteiger partial charge is 0.354 e. The van der Waals surface area contributed by atoms with Gasteiger partial charge in [0.25, 0.3) is 0 Å². The molecule has 1 N–H and O–H groups in total. The SMILES string of the molecule is CCCCNC(=O)[C@H](CC)N(Cc1ccc(C)cc1)C(=O)CSCc1ccccc1. The Labute approximate surface area is 185 Å². The van der Waals surface area contributed by atoms with Crippen LogP contribution in [0.5, 0.6) is 0 Å². The Hall–Kier alpha value is -2.27. The Balaban J connectivity index is 2.08. The van der Waals surface area contributed by atoms with Crippen molar-refractivity contribution in [2.75, 3.05) is 12.3 Å². The minimum absolute atomic E-state index is 0.00833. The Morgan fingerprint density at radius 2 is 1.70 bits per heavy atom. The fraction of sp³-hybridized carbons (Fsp3) is 0.440. The average molecular weight is 427 g/mol. The molecule has 0 saturated heterocycles. The third-order valence-electron chi connectivity index (χ3n) is 5.03. The lowest BCUT2D eigenvalue weighted by Gasteiger charge is -2.30. The number of unbranched alkanes of at least 4 members (excludes halogenated alkanes) is 1. The summed E-state index contributed by atoms with van der Waals surface area (Å²) in [5.41, 5.74) is 3.42. The molecular weight excluding hydrogens is 392 g/mol. The van der Waals surface area contributed by atoms with E-state index in [0.717, 1.165) is 24.2 Å². The second kappa shape index (κ2) is 13.1. The van der Waals surface area contributed by atoms with Crippen molar-refractivity contribution in [1.82, 2.24) is 10.2 Å². The minimum atomic E-state index is -0.451. The third kappa shape index (κ3) is 7.86. The van der Waals surface area contributed by atoms with Crippen LogP contribution in [0.1, 0.15) is 49.8 Å². The molecule has 0 saturated carbocycles. The van der Waals surface area contributed by atoms with Gasteiger partial charge < -0.3 is 10.2 Å². The topological polar surface area (TPSA) is 49.4 Å². The van der Waals surface area contributed by atoms with Crippen LogP contribution in [-0.2, 0) is 21.9 Å². The molecular formula is C25H34N2O2S. The second-order valence-electron chi connectivity index (χ2n) is 7.55. The van der Waals surface area contributed by atoms with Crippen molar-refractivity contribution < 1.29 is 9.59 Å². The lowest BCUT2D eigenvalue weighted by atomic mass is 10.1. The van der Waals surface area contributed by atoms with Crippen LogP contribution in [-0.4, -0.2) is 35.1 Å². The summed E-state index contributed by atoms with van der Waals surface area (Å²) in [4.78, 5) is 27.7. The van der Waals surface area contributed by atoms with E-state index in [0.29, 0.717) is 25.3 Å². The highest BCUT2D eigenvalue weighted by atomic mass is 32.2. The van der Waals surface area contributed by atoms with Crippen LogP contribution in [0.3, 0.4) is 0 Å². The van der Waals surface area contributed by atoms with Crippen molar-refractivity contribution in [2.45, 2.75) is 58.4 Å². The maximum Gasteiger partial charge on any atom is 0.242 e. The maximum absolute atomic E-state index is 13.2. The number of benzene rings is 2. The van der Waals surface area contributed by atoms with E-state index in [9.17, 15) is 9.59 Å². The molecule has 30 heavy (non-hydrogen) atoms. The summed E-state index contributed by atoms with van der Waals surface area (Å²) in [7, 11) is 0. The highest BCUT2D eigenvalue weighted by Crippen LogP contribution is 2.17. The molecule has 2 rings (SSSR count). The average Bonchev–Trinajstić information content (AvgIpc) is 2.76. The predicted molar refractivity (Wildman–Crippen MR) is 126 cm³/mol. The van der Waals surface area contributed by atoms with Crippen molar-refractivity contribution >= 4 is 23.6 Å². The lowest BCUT2D eigenvalue weighted by Crippen LogP contribution is -2.49. The summed E-state index contributed by atoms with van der Waals surface area (Å²) >= 11 is 1.59. The van der Waals surface area contributed by atoms with Crippen LogP contribution >= 0.6 is 11.8 Å². The number of rotatable bonds is 12. The van der Waals surface area contributed by atoms with Gasteiger partial charge in [0.05, 0.1) is 5.75 Å². The number of amides is 2. The van der Waals surface area contributed by atoms with Crippen LogP contribution in [0, 0.1) is 6.92 Å². The van der Waals surface area contributed by atoms with Gasteiger partial charge in [0, 0.05) is 18.8 Å². The van der Waals surface area contributed by atoms with Gasteiger partial charge in [0.2, 0.25) is 11.8 Å². The molecule has 0 aliphatic rings. The van der Waals surface area contributed by atoms with Crippen LogP contribution in [0.2, 0.25) is 0 Å². The highest BCUT2D eigenvalue weighted by molar-refractivity contribution is 7.99. The van der Waals surface area contributed by atoms with Gasteiger partial charge in [-0.05, 0) is 30.9 Å². The Kier molecular flexibility index (Phi) is 10.5. The van der Waals surface area contributed by atoms with Gasteiger partial charge in [-0.2, -0.15) is 0 Å². The molecule has 4 nitrogen and oxygen atoms in total. The van der Waals surface area contributed by atoms with Crippen LogP contribution < -0.4 is 5.32 Å². The van der Waals surface area contributed by atoms with Gasteiger partial charge in [-0.3, -0.25) is 9.59 Å². The first-order valence-electron chi connectivity index (χ1n) is 10.8. The van der Waals surface area contributed by atoms with Crippen molar-refractivity contribution in [2.24, 2.45) is 0 Å². The molecule has 5 heteroatoms. The van der Waals surface area contributed by atoms with E-state index in [-0.39, 0.29) is 11.8 Å². The Bertz CT molecular complexity index is 777. The van der Waals surface area contributed by atoms with E-state index in [1.807, 2.05) is 56.3 Å². The number of nitrogens with one attached hydrogen (secondary N) is 1. The fourth-order valence-electron chi connectivity index (χ4n) is 3.23. The molecule has 162 valence electrons. The molecule has 0 fully saturated rings. The first-order chi connectivity index (χ1) is 14.5. The maximum atomic E-state index is 13.2. The van der Waals surface area contributed by atoms with E-state index in [1.165, 1.54) is 11.1 Å². The molecule has 0 radical (unpaired) electrons. The number of carbonyl (C=O) groups excluding carboxylic acids is 2. The summed E-state index contributed by atoms with van der Waals surface area (Å²) in [5, 5.41) is 3.01. The molecule has 0 bridgehead atoms. The summed E-state index contributed by atoms with van der Waals surface area (Å²) < 4.78 is 0. The van der Waals surface area contributed by atoms with Gasteiger partial charge in [0.15, 0.2) is 0 Å². The minimum Gasteiger partial charge on any atom is -0.354 e. The summed E-state index contributed by atoms with van der Waals surface area (Å²) in [5.74, 6) is 1.10. The number of carbonyl (C=O) groups is 2. The first-order valence-corrected chi connectivity index (χ1v) is 11.9. The van der Waals surface area contributed by atoms with Crippen LogP contribution in [0.4, 0.5) is 0 Å². The second-order valence-corrected chi connectivity index (χ2v) is 8.54. The van der Waals surface area contributed by atoms with Gasteiger partial charge in [-0.1, -0.05) is 80.4 Å². The van der Waals surface area contributed by atoms with Crippen LogP contribution in [0.25, 0.3) is 0 Å². The smallest absolute Gasteiger partial charge is 0.242 e. The van der Waals surface area contributed by atoms with Gasteiger partial charge in [-0.15, -0.1) is 11.8 Å². The molecule has 0 aliphatic heterocycles. The predicted octanol–water partition coefficient (Wildman–Crippen LogP) is 4.95. The number of nitrogens with zero attached hydrogens (tertiary/aromatic N) is 1. The number of aryl methyl sites for hydroxylation is 1. The molecule has 0 aliphatic carbocycles. The van der Waals surface area contributed by atoms with Crippen LogP contribution in [0.15, 0.2) is 54.6 Å². The molecule has 2 aromatic rings. The van der Waals surface area contributed by atoms with Crippen molar-refractivity contribution in [3.63, 3.8) is 0 Å². The van der Waals surface area contributed by atoms with Crippen molar-refractivity contribution in [1.29, 1.82) is 0 Å². The van der Waals surface area contributed by atoms with Crippen molar-refractivity contribution in [3.05, 3.63) is 71.3 Å². The monoisotopic (exact) mass is 426 g/mol. The molecule has 0 unspecified atom stereocenters. The number of hydrogen-bond acceptors (Lipinski definition) is 3. The molecule has 0 spiro atoms. The third-order valence-corrected chi connectivity index (χ3v) is 6.01. The summed E-state index contributed by atoms with van der Waals surface area (Å²) in [6, 6.07) is 17.9. The first kappa shape index (κ1) is 24.0. The Morgan fingerprint density at radius 3 is 2.33 bits per heavy atom. The zero-order chi connectivity index (χ0) is 21.8. The fourth-order valence-corrected chi connectivity index (χ4v) is 4.10. The summed E-state index contributed by atoms with van der Waals surface area (Å²) in [6.07, 6.45) is 2.57. The van der Waals surface area contributed by atoms with E-state index in [1.54, 1.807) is 16.7 Å². The number of hydrogen-bond donors (Lipinski definition) is 1. The summed E-state index contributed by atoms with van der Waals surface area (Å²) in [6.45, 7) is 7.21. The van der Waals surface area contributed by atoms with Crippen molar-refractivity contribution in [3.8, 4) is 0 Å². The van der Waals surface area contributed by atoms with Gasteiger partial charge in [-0.25, -0.2) is 0 Å². The van der Waals surface area contributed by atoms with E-state index in [2.05, 4.69) is 24.4 Å². The zero-order valence-electron chi connectivity index (χ0n) is 18.4. The van der Waals surface area contributed by atoms with E-state index in [4.69, 9.17) is 0 Å². The van der Waals surface area contributed by atoms with Gasteiger partial charge >= 0.3 is 0 Å². The molecule has 0 heterocycles. The van der Waals surface area contributed by atoms with Gasteiger partial charge in [0.1, 0.15) is 6.04 Å². The molecule has 2 amide bonds. The van der Waals surface area contributed by atoms with E-state index >= 15 is 0 Å². The Morgan fingerprint density at radius 1 is 1.00 bits per heavy atom.